The van der Waals surface area contributed by atoms with E-state index >= 15 is 0 Å². The molecule has 0 aliphatic carbocycles. The standard InChI is InChI=1S/C13H19FINO/c1-17-12-6-5-11(13(14)9-12)10-16-8-4-2-3-7-15/h5-6,9,16H,2-4,7-8,10H2,1H3. The predicted molar refractivity (Wildman–Crippen MR) is 77.4 cm³/mol. The van der Waals surface area contributed by atoms with Crippen LogP contribution in [-0.4, -0.2) is 18.1 Å². The Hall–Kier alpha value is -0.360. The molecule has 0 atom stereocenters. The SMILES string of the molecule is COc1ccc(CNCCCCCI)c(F)c1. The molecule has 0 unspecified atom stereocenters. The molecule has 1 N–H and O–H groups in total. The summed E-state index contributed by atoms with van der Waals surface area (Å²) in [5.41, 5.74) is 0.694. The van der Waals surface area contributed by atoms with Crippen molar-refractivity contribution in [1.29, 1.82) is 0 Å². The third kappa shape index (κ3) is 5.68. The lowest BCUT2D eigenvalue weighted by atomic mass is 10.2. The number of benzene rings is 1. The van der Waals surface area contributed by atoms with Crippen LogP contribution in [0.3, 0.4) is 0 Å². The highest BCUT2D eigenvalue weighted by atomic mass is 127. The first-order valence-electron chi connectivity index (χ1n) is 5.87. The number of nitrogens with one attached hydrogen (secondary N) is 1. The number of alkyl halides is 1. The van der Waals surface area contributed by atoms with Crippen LogP contribution in [-0.2, 0) is 6.54 Å². The van der Waals surface area contributed by atoms with E-state index in [-0.39, 0.29) is 5.82 Å². The molecule has 0 saturated heterocycles. The Morgan fingerprint density at radius 2 is 2.12 bits per heavy atom. The van der Waals surface area contributed by atoms with Crippen LogP contribution < -0.4 is 10.1 Å². The van der Waals surface area contributed by atoms with E-state index < -0.39 is 0 Å². The van der Waals surface area contributed by atoms with Crippen molar-refractivity contribution in [3.63, 3.8) is 0 Å². The monoisotopic (exact) mass is 351 g/mol. The molecule has 0 aliphatic rings. The third-order valence-corrected chi connectivity index (χ3v) is 3.33. The van der Waals surface area contributed by atoms with E-state index in [0.717, 1.165) is 13.0 Å². The van der Waals surface area contributed by atoms with Gasteiger partial charge in [0.2, 0.25) is 0 Å². The fourth-order valence-corrected chi connectivity index (χ4v) is 2.08. The molecule has 0 radical (unpaired) electrons. The second kappa shape index (κ2) is 8.69. The van der Waals surface area contributed by atoms with E-state index in [9.17, 15) is 4.39 Å². The van der Waals surface area contributed by atoms with E-state index in [4.69, 9.17) is 4.74 Å². The van der Waals surface area contributed by atoms with Gasteiger partial charge < -0.3 is 10.1 Å². The highest BCUT2D eigenvalue weighted by Gasteiger charge is 2.03. The van der Waals surface area contributed by atoms with Gasteiger partial charge in [-0.3, -0.25) is 0 Å². The summed E-state index contributed by atoms with van der Waals surface area (Å²) in [6.07, 6.45) is 3.65. The van der Waals surface area contributed by atoms with E-state index in [1.54, 1.807) is 19.2 Å². The number of hydrogen-bond acceptors (Lipinski definition) is 2. The Kier molecular flexibility index (Phi) is 7.51. The molecule has 1 aromatic rings. The molecule has 0 heterocycles. The lowest BCUT2D eigenvalue weighted by Gasteiger charge is -2.07. The molecule has 2 nitrogen and oxygen atoms in total. The first-order chi connectivity index (χ1) is 8.27. The molecule has 96 valence electrons. The van der Waals surface area contributed by atoms with Crippen LogP contribution >= 0.6 is 22.6 Å². The summed E-state index contributed by atoms with van der Waals surface area (Å²) in [5, 5.41) is 3.26. The Labute approximate surface area is 116 Å². The smallest absolute Gasteiger partial charge is 0.131 e. The fourth-order valence-electron chi connectivity index (χ4n) is 1.54. The largest absolute Gasteiger partial charge is 0.497 e. The van der Waals surface area contributed by atoms with Gasteiger partial charge >= 0.3 is 0 Å². The van der Waals surface area contributed by atoms with Crippen LogP contribution in [0.5, 0.6) is 5.75 Å². The van der Waals surface area contributed by atoms with Crippen molar-refractivity contribution in [1.82, 2.24) is 5.32 Å². The Morgan fingerprint density at radius 3 is 2.76 bits per heavy atom. The Balaban J connectivity index is 2.27. The lowest BCUT2D eigenvalue weighted by molar-refractivity contribution is 0.410. The van der Waals surface area contributed by atoms with Crippen LogP contribution in [0.1, 0.15) is 24.8 Å². The first-order valence-corrected chi connectivity index (χ1v) is 7.39. The molecule has 0 aromatic heterocycles. The minimum Gasteiger partial charge on any atom is -0.497 e. The Bertz CT molecular complexity index is 333. The number of hydrogen-bond donors (Lipinski definition) is 1. The highest BCUT2D eigenvalue weighted by molar-refractivity contribution is 14.1. The molecule has 0 aliphatic heterocycles. The third-order valence-electron chi connectivity index (χ3n) is 2.56. The van der Waals surface area contributed by atoms with E-state index in [0.29, 0.717) is 17.9 Å². The number of methoxy groups -OCH3 is 1. The van der Waals surface area contributed by atoms with E-state index in [1.807, 2.05) is 0 Å². The molecule has 0 bridgehead atoms. The molecule has 4 heteroatoms. The van der Waals surface area contributed by atoms with Gasteiger partial charge in [0.1, 0.15) is 11.6 Å². The molecular formula is C13H19FINO. The van der Waals surface area contributed by atoms with Crippen molar-refractivity contribution >= 4 is 22.6 Å². The summed E-state index contributed by atoms with van der Waals surface area (Å²) < 4.78 is 19.7. The van der Waals surface area contributed by atoms with Crippen molar-refractivity contribution in [2.24, 2.45) is 0 Å². The first kappa shape index (κ1) is 14.7. The zero-order valence-electron chi connectivity index (χ0n) is 10.1. The topological polar surface area (TPSA) is 21.3 Å². The summed E-state index contributed by atoms with van der Waals surface area (Å²) in [5.74, 6) is 0.359. The molecule has 0 fully saturated rings. The van der Waals surface area contributed by atoms with Gasteiger partial charge in [-0.05, 0) is 29.9 Å². The van der Waals surface area contributed by atoms with Crippen molar-refractivity contribution < 1.29 is 9.13 Å². The normalized spacial score (nSPS) is 10.5. The maximum atomic E-state index is 13.5. The molecule has 1 aromatic carbocycles. The molecule has 0 saturated carbocycles. The summed E-state index contributed by atoms with van der Waals surface area (Å²) in [6, 6.07) is 4.98. The minimum absolute atomic E-state index is 0.205. The van der Waals surface area contributed by atoms with Gasteiger partial charge in [0.15, 0.2) is 0 Å². The molecule has 0 spiro atoms. The van der Waals surface area contributed by atoms with Gasteiger partial charge in [-0.2, -0.15) is 0 Å². The van der Waals surface area contributed by atoms with Gasteiger partial charge in [0.05, 0.1) is 7.11 Å². The van der Waals surface area contributed by atoms with Crippen molar-refractivity contribution in [3.8, 4) is 5.75 Å². The van der Waals surface area contributed by atoms with Gasteiger partial charge in [-0.25, -0.2) is 4.39 Å². The average molecular weight is 351 g/mol. The zero-order valence-corrected chi connectivity index (χ0v) is 12.3. The molecule has 17 heavy (non-hydrogen) atoms. The average Bonchev–Trinajstić information content (AvgIpc) is 2.35. The lowest BCUT2D eigenvalue weighted by Crippen LogP contribution is -2.15. The van der Waals surface area contributed by atoms with Crippen LogP contribution in [0.4, 0.5) is 4.39 Å². The zero-order chi connectivity index (χ0) is 12.5. The second-order valence-electron chi connectivity index (χ2n) is 3.88. The number of ether oxygens (including phenoxy) is 1. The maximum Gasteiger partial charge on any atom is 0.131 e. The van der Waals surface area contributed by atoms with Crippen molar-refractivity contribution in [2.75, 3.05) is 18.1 Å². The van der Waals surface area contributed by atoms with Gasteiger partial charge in [0, 0.05) is 18.2 Å². The van der Waals surface area contributed by atoms with Crippen LogP contribution in [0.25, 0.3) is 0 Å². The number of rotatable bonds is 8. The summed E-state index contributed by atoms with van der Waals surface area (Å²) in [4.78, 5) is 0. The van der Waals surface area contributed by atoms with Gasteiger partial charge in [-0.15, -0.1) is 0 Å². The van der Waals surface area contributed by atoms with Gasteiger partial charge in [0.25, 0.3) is 0 Å². The van der Waals surface area contributed by atoms with Crippen LogP contribution in [0.15, 0.2) is 18.2 Å². The van der Waals surface area contributed by atoms with Crippen LogP contribution in [0.2, 0.25) is 0 Å². The maximum absolute atomic E-state index is 13.5. The number of halogens is 2. The number of unbranched alkanes of at least 4 members (excludes halogenated alkanes) is 2. The second-order valence-corrected chi connectivity index (χ2v) is 4.96. The van der Waals surface area contributed by atoms with Crippen LogP contribution in [0, 0.1) is 5.82 Å². The van der Waals surface area contributed by atoms with Gasteiger partial charge in [-0.1, -0.05) is 35.1 Å². The minimum atomic E-state index is -0.205. The fraction of sp³-hybridized carbons (Fsp3) is 0.538. The quantitative estimate of drug-likeness (QED) is 0.440. The Morgan fingerprint density at radius 1 is 1.29 bits per heavy atom. The molecule has 0 amide bonds. The molecular weight excluding hydrogens is 332 g/mol. The summed E-state index contributed by atoms with van der Waals surface area (Å²) >= 11 is 2.39. The van der Waals surface area contributed by atoms with Crippen molar-refractivity contribution in [3.05, 3.63) is 29.6 Å². The summed E-state index contributed by atoms with van der Waals surface area (Å²) in [7, 11) is 1.54. The van der Waals surface area contributed by atoms with Crippen molar-refractivity contribution in [2.45, 2.75) is 25.8 Å². The van der Waals surface area contributed by atoms with E-state index in [1.165, 1.54) is 23.3 Å². The summed E-state index contributed by atoms with van der Waals surface area (Å²) in [6.45, 7) is 1.53. The highest BCUT2D eigenvalue weighted by Crippen LogP contribution is 2.15. The predicted octanol–water partition coefficient (Wildman–Crippen LogP) is 3.53. The van der Waals surface area contributed by atoms with E-state index in [2.05, 4.69) is 27.9 Å². The molecule has 1 rings (SSSR count).